The van der Waals surface area contributed by atoms with Gasteiger partial charge in [0.2, 0.25) is 0 Å². The standard InChI is InChI=1S/C16H30N4O/c1-10(17)8-20-9-11-6-12(15(2,3)18)14(21)13(7-11)16(4,5)19/h6-7,10,20-21H,8-9,17-19H2,1-5H3. The van der Waals surface area contributed by atoms with Gasteiger partial charge in [-0.1, -0.05) is 0 Å². The van der Waals surface area contributed by atoms with Crippen molar-refractivity contribution >= 4 is 0 Å². The Labute approximate surface area is 127 Å². The van der Waals surface area contributed by atoms with Gasteiger partial charge in [-0.05, 0) is 52.3 Å². The molecule has 21 heavy (non-hydrogen) atoms. The number of aromatic hydroxyl groups is 1. The third kappa shape index (κ3) is 4.97. The summed E-state index contributed by atoms with van der Waals surface area (Å²) in [5, 5.41) is 13.8. The second kappa shape index (κ2) is 6.32. The average Bonchev–Trinajstić information content (AvgIpc) is 2.27. The molecule has 0 radical (unpaired) electrons. The Morgan fingerprint density at radius 1 is 1.10 bits per heavy atom. The highest BCUT2D eigenvalue weighted by molar-refractivity contribution is 5.49. The SMILES string of the molecule is CC(N)CNCc1cc(C(C)(C)N)c(O)c(C(C)(C)N)c1. The number of hydrogen-bond donors (Lipinski definition) is 5. The minimum atomic E-state index is -0.638. The highest BCUT2D eigenvalue weighted by Gasteiger charge is 2.26. The molecule has 0 fully saturated rings. The number of nitrogens with two attached hydrogens (primary N) is 3. The van der Waals surface area contributed by atoms with Crippen LogP contribution >= 0.6 is 0 Å². The summed E-state index contributed by atoms with van der Waals surface area (Å²) in [6.45, 7) is 10.8. The quantitative estimate of drug-likeness (QED) is 0.542. The average molecular weight is 294 g/mol. The molecule has 0 aromatic heterocycles. The first-order valence-corrected chi connectivity index (χ1v) is 7.34. The van der Waals surface area contributed by atoms with E-state index >= 15 is 0 Å². The van der Waals surface area contributed by atoms with Crippen molar-refractivity contribution in [3.05, 3.63) is 28.8 Å². The number of phenols is 1. The molecule has 5 nitrogen and oxygen atoms in total. The molecular formula is C16H30N4O. The smallest absolute Gasteiger partial charge is 0.125 e. The third-order valence-corrected chi connectivity index (χ3v) is 3.35. The minimum absolute atomic E-state index is 0.0953. The Bertz CT molecular complexity index is 449. The van der Waals surface area contributed by atoms with Crippen LogP contribution in [0.4, 0.5) is 0 Å². The van der Waals surface area contributed by atoms with E-state index in [1.54, 1.807) is 0 Å². The molecule has 0 saturated heterocycles. The Morgan fingerprint density at radius 2 is 1.52 bits per heavy atom. The van der Waals surface area contributed by atoms with Gasteiger partial charge in [-0.3, -0.25) is 0 Å². The van der Waals surface area contributed by atoms with E-state index in [4.69, 9.17) is 17.2 Å². The molecule has 0 amide bonds. The Morgan fingerprint density at radius 3 is 1.86 bits per heavy atom. The summed E-state index contributed by atoms with van der Waals surface area (Å²) in [7, 11) is 0. The number of rotatable bonds is 6. The van der Waals surface area contributed by atoms with Crippen LogP contribution in [0, 0.1) is 0 Å². The van der Waals surface area contributed by atoms with Gasteiger partial charge in [0.15, 0.2) is 0 Å². The van der Waals surface area contributed by atoms with Gasteiger partial charge in [0.1, 0.15) is 5.75 Å². The van der Waals surface area contributed by atoms with E-state index < -0.39 is 11.1 Å². The van der Waals surface area contributed by atoms with Gasteiger partial charge >= 0.3 is 0 Å². The maximum absolute atomic E-state index is 10.5. The zero-order valence-electron chi connectivity index (χ0n) is 13.8. The van der Waals surface area contributed by atoms with Gasteiger partial charge in [0.25, 0.3) is 0 Å². The van der Waals surface area contributed by atoms with Gasteiger partial charge in [-0.15, -0.1) is 0 Å². The summed E-state index contributed by atoms with van der Waals surface area (Å²) in [5.41, 5.74) is 19.3. The number of phenolic OH excluding ortho intramolecular Hbond substituents is 1. The van der Waals surface area contributed by atoms with E-state index in [-0.39, 0.29) is 11.8 Å². The molecule has 0 heterocycles. The van der Waals surface area contributed by atoms with Crippen molar-refractivity contribution in [2.75, 3.05) is 6.54 Å². The molecule has 0 bridgehead atoms. The Kier molecular flexibility index (Phi) is 5.39. The summed E-state index contributed by atoms with van der Waals surface area (Å²) in [6.07, 6.45) is 0. The summed E-state index contributed by atoms with van der Waals surface area (Å²) in [6, 6.07) is 3.95. The van der Waals surface area contributed by atoms with Crippen molar-refractivity contribution < 1.29 is 5.11 Å². The largest absolute Gasteiger partial charge is 0.507 e. The second-order valence-electron chi connectivity index (χ2n) is 7.09. The molecular weight excluding hydrogens is 264 g/mol. The Hall–Kier alpha value is -1.14. The lowest BCUT2D eigenvalue weighted by Crippen LogP contribution is -2.34. The first-order valence-electron chi connectivity index (χ1n) is 7.34. The highest BCUT2D eigenvalue weighted by atomic mass is 16.3. The predicted octanol–water partition coefficient (Wildman–Crippen LogP) is 1.22. The van der Waals surface area contributed by atoms with E-state index in [1.165, 1.54) is 0 Å². The van der Waals surface area contributed by atoms with Crippen molar-refractivity contribution in [3.63, 3.8) is 0 Å². The highest BCUT2D eigenvalue weighted by Crippen LogP contribution is 2.36. The monoisotopic (exact) mass is 294 g/mol. The maximum Gasteiger partial charge on any atom is 0.125 e. The van der Waals surface area contributed by atoms with Crippen molar-refractivity contribution in [3.8, 4) is 5.75 Å². The van der Waals surface area contributed by atoms with Crippen molar-refractivity contribution in [2.45, 2.75) is 58.3 Å². The lowest BCUT2D eigenvalue weighted by atomic mass is 9.85. The first kappa shape index (κ1) is 17.9. The normalized spacial score (nSPS) is 14.3. The number of nitrogens with one attached hydrogen (secondary N) is 1. The molecule has 0 saturated carbocycles. The molecule has 0 aliphatic rings. The molecule has 1 atom stereocenters. The van der Waals surface area contributed by atoms with E-state index in [0.29, 0.717) is 17.7 Å². The fraction of sp³-hybridized carbons (Fsp3) is 0.625. The van der Waals surface area contributed by atoms with Crippen molar-refractivity contribution in [2.24, 2.45) is 17.2 Å². The van der Waals surface area contributed by atoms with Gasteiger partial charge in [-0.25, -0.2) is 0 Å². The second-order valence-corrected chi connectivity index (χ2v) is 7.09. The lowest BCUT2D eigenvalue weighted by Gasteiger charge is -2.28. The fourth-order valence-corrected chi connectivity index (χ4v) is 2.22. The lowest BCUT2D eigenvalue weighted by molar-refractivity contribution is 0.413. The van der Waals surface area contributed by atoms with Gasteiger partial charge < -0.3 is 27.6 Å². The Balaban J connectivity index is 3.21. The first-order chi connectivity index (χ1) is 9.43. The van der Waals surface area contributed by atoms with Crippen molar-refractivity contribution in [1.29, 1.82) is 0 Å². The molecule has 8 N–H and O–H groups in total. The molecule has 1 rings (SSSR count). The molecule has 1 unspecified atom stereocenters. The zero-order chi connectivity index (χ0) is 16.4. The number of benzene rings is 1. The van der Waals surface area contributed by atoms with Crippen LogP contribution in [0.3, 0.4) is 0 Å². The van der Waals surface area contributed by atoms with Crippen LogP contribution < -0.4 is 22.5 Å². The van der Waals surface area contributed by atoms with Crippen LogP contribution in [0.1, 0.15) is 51.3 Å². The molecule has 0 spiro atoms. The van der Waals surface area contributed by atoms with Crippen LogP contribution in [0.25, 0.3) is 0 Å². The van der Waals surface area contributed by atoms with Gasteiger partial charge in [0.05, 0.1) is 0 Å². The molecule has 0 aliphatic heterocycles. The zero-order valence-corrected chi connectivity index (χ0v) is 13.8. The van der Waals surface area contributed by atoms with Gasteiger partial charge in [0, 0.05) is 41.3 Å². The van der Waals surface area contributed by atoms with E-state index in [2.05, 4.69) is 5.32 Å². The summed E-state index contributed by atoms with van der Waals surface area (Å²) >= 11 is 0. The van der Waals surface area contributed by atoms with E-state index in [0.717, 1.165) is 12.1 Å². The molecule has 1 aromatic carbocycles. The molecule has 0 aliphatic carbocycles. The summed E-state index contributed by atoms with van der Waals surface area (Å²) < 4.78 is 0. The van der Waals surface area contributed by atoms with Crippen LogP contribution in [0.5, 0.6) is 5.75 Å². The van der Waals surface area contributed by atoms with E-state index in [1.807, 2.05) is 46.8 Å². The fourth-order valence-electron chi connectivity index (χ4n) is 2.22. The summed E-state index contributed by atoms with van der Waals surface area (Å²) in [4.78, 5) is 0. The topological polar surface area (TPSA) is 110 Å². The minimum Gasteiger partial charge on any atom is -0.507 e. The predicted molar refractivity (Wildman–Crippen MR) is 87.9 cm³/mol. The molecule has 1 aromatic rings. The van der Waals surface area contributed by atoms with Crippen LogP contribution in [-0.2, 0) is 17.6 Å². The molecule has 120 valence electrons. The maximum atomic E-state index is 10.5. The third-order valence-electron chi connectivity index (χ3n) is 3.35. The molecule has 5 heteroatoms. The van der Waals surface area contributed by atoms with Crippen LogP contribution in [0.15, 0.2) is 12.1 Å². The van der Waals surface area contributed by atoms with Crippen LogP contribution in [-0.4, -0.2) is 17.7 Å². The summed E-state index contributed by atoms with van der Waals surface area (Å²) in [5.74, 6) is 0.186. The van der Waals surface area contributed by atoms with E-state index in [9.17, 15) is 5.11 Å². The van der Waals surface area contributed by atoms with Gasteiger partial charge in [-0.2, -0.15) is 0 Å². The van der Waals surface area contributed by atoms with Crippen LogP contribution in [0.2, 0.25) is 0 Å². The number of hydrogen-bond acceptors (Lipinski definition) is 5. The van der Waals surface area contributed by atoms with Crippen molar-refractivity contribution in [1.82, 2.24) is 5.32 Å².